The van der Waals surface area contributed by atoms with Gasteiger partial charge in [0.2, 0.25) is 0 Å². The average molecular weight is 353 g/mol. The Morgan fingerprint density at radius 3 is 2.37 bits per heavy atom. The number of fused-ring (bicyclic) bond motifs is 1. The molecule has 2 aromatic rings. The molecule has 0 spiro atoms. The summed E-state index contributed by atoms with van der Waals surface area (Å²) in [5.41, 5.74) is 11.1. The molecular formula is C27H28. The third-order valence-corrected chi connectivity index (χ3v) is 5.92. The number of hydrogen-bond donors (Lipinski definition) is 0. The highest BCUT2D eigenvalue weighted by Crippen LogP contribution is 2.34. The van der Waals surface area contributed by atoms with Gasteiger partial charge in [-0.05, 0) is 76.1 Å². The molecular weight excluding hydrogens is 324 g/mol. The Hall–Kier alpha value is -2.60. The van der Waals surface area contributed by atoms with Crippen LogP contribution in [0.3, 0.4) is 0 Å². The van der Waals surface area contributed by atoms with E-state index in [-0.39, 0.29) is 0 Å². The van der Waals surface area contributed by atoms with Crippen LogP contribution in [0.1, 0.15) is 41.7 Å². The van der Waals surface area contributed by atoms with Crippen molar-refractivity contribution in [2.75, 3.05) is 0 Å². The lowest BCUT2D eigenvalue weighted by molar-refractivity contribution is 0.877. The van der Waals surface area contributed by atoms with Crippen LogP contribution < -0.4 is 0 Å². The van der Waals surface area contributed by atoms with Crippen LogP contribution in [-0.2, 0) is 25.7 Å². The molecule has 0 saturated carbocycles. The third-order valence-electron chi connectivity index (χ3n) is 5.92. The van der Waals surface area contributed by atoms with Crippen LogP contribution in [0.5, 0.6) is 0 Å². The van der Waals surface area contributed by atoms with Crippen molar-refractivity contribution in [3.8, 4) is 0 Å². The van der Waals surface area contributed by atoms with Crippen molar-refractivity contribution in [3.63, 3.8) is 0 Å². The smallest absolute Gasteiger partial charge is 0.000721 e. The molecule has 0 nitrogen and oxygen atoms in total. The maximum absolute atomic E-state index is 4.11. The lowest BCUT2D eigenvalue weighted by atomic mass is 9.90. The second-order valence-electron chi connectivity index (χ2n) is 7.87. The Morgan fingerprint density at radius 2 is 1.63 bits per heavy atom. The Labute approximate surface area is 163 Å². The molecule has 136 valence electrons. The van der Waals surface area contributed by atoms with Crippen molar-refractivity contribution in [3.05, 3.63) is 112 Å². The van der Waals surface area contributed by atoms with Gasteiger partial charge in [0, 0.05) is 0 Å². The van der Waals surface area contributed by atoms with Crippen molar-refractivity contribution in [1.82, 2.24) is 0 Å². The lowest BCUT2D eigenvalue weighted by Gasteiger charge is -2.15. The molecule has 1 atom stereocenters. The van der Waals surface area contributed by atoms with E-state index in [2.05, 4.69) is 87.2 Å². The van der Waals surface area contributed by atoms with Crippen LogP contribution in [0, 0.1) is 5.92 Å². The number of aryl methyl sites for hydroxylation is 3. The molecule has 27 heavy (non-hydrogen) atoms. The summed E-state index contributed by atoms with van der Waals surface area (Å²) in [5.74, 6) is 0.435. The normalized spacial score (nSPS) is 18.3. The van der Waals surface area contributed by atoms with E-state index in [1.54, 1.807) is 0 Å². The van der Waals surface area contributed by atoms with E-state index >= 15 is 0 Å². The minimum absolute atomic E-state index is 0.435. The first-order chi connectivity index (χ1) is 13.1. The quantitative estimate of drug-likeness (QED) is 0.564. The van der Waals surface area contributed by atoms with Gasteiger partial charge in [-0.25, -0.2) is 0 Å². The van der Waals surface area contributed by atoms with Gasteiger partial charge in [-0.15, -0.1) is 0 Å². The fourth-order valence-electron chi connectivity index (χ4n) is 3.95. The van der Waals surface area contributed by atoms with Gasteiger partial charge in [-0.3, -0.25) is 0 Å². The van der Waals surface area contributed by atoms with Crippen LogP contribution in [0.4, 0.5) is 0 Å². The summed E-state index contributed by atoms with van der Waals surface area (Å²) < 4.78 is 0. The van der Waals surface area contributed by atoms with Crippen molar-refractivity contribution in [2.45, 2.75) is 39.5 Å². The van der Waals surface area contributed by atoms with Crippen LogP contribution in [-0.4, -0.2) is 0 Å². The molecule has 2 aliphatic rings. The highest BCUT2D eigenvalue weighted by Gasteiger charge is 2.17. The molecule has 0 heteroatoms. The van der Waals surface area contributed by atoms with E-state index in [1.165, 1.54) is 44.5 Å². The molecule has 0 bridgehead atoms. The lowest BCUT2D eigenvalue weighted by Crippen LogP contribution is -2.00. The molecule has 1 unspecified atom stereocenters. The SMILES string of the molecule is C=C1C=CC(C2=Cc3cc(CCc4ccc(CC)cc4)ccc3C2)=CC1C. The summed E-state index contributed by atoms with van der Waals surface area (Å²) in [6.07, 6.45) is 13.5. The Bertz CT molecular complexity index is 948. The van der Waals surface area contributed by atoms with Gasteiger partial charge in [0.1, 0.15) is 0 Å². The molecule has 0 heterocycles. The molecule has 2 aromatic carbocycles. The van der Waals surface area contributed by atoms with Gasteiger partial charge in [0.05, 0.1) is 0 Å². The summed E-state index contributed by atoms with van der Waals surface area (Å²) >= 11 is 0. The number of rotatable bonds is 5. The maximum atomic E-state index is 4.11. The Kier molecular flexibility index (Phi) is 4.99. The molecule has 0 fully saturated rings. The first kappa shape index (κ1) is 17.8. The van der Waals surface area contributed by atoms with Crippen LogP contribution in [0.15, 0.2) is 84.0 Å². The molecule has 0 amide bonds. The van der Waals surface area contributed by atoms with E-state index < -0.39 is 0 Å². The summed E-state index contributed by atoms with van der Waals surface area (Å²) in [6, 6.07) is 16.1. The summed E-state index contributed by atoms with van der Waals surface area (Å²) in [7, 11) is 0. The van der Waals surface area contributed by atoms with Gasteiger partial charge in [-0.2, -0.15) is 0 Å². The molecule has 0 saturated heterocycles. The van der Waals surface area contributed by atoms with Gasteiger partial charge in [-0.1, -0.05) is 87.2 Å². The van der Waals surface area contributed by atoms with E-state index in [4.69, 9.17) is 0 Å². The second kappa shape index (κ2) is 7.56. The summed E-state index contributed by atoms with van der Waals surface area (Å²) in [6.45, 7) is 8.54. The molecule has 4 rings (SSSR count). The fraction of sp³-hybridized carbons (Fsp3) is 0.259. The third kappa shape index (κ3) is 3.90. The minimum atomic E-state index is 0.435. The van der Waals surface area contributed by atoms with E-state index in [1.807, 2.05) is 0 Å². The Morgan fingerprint density at radius 1 is 0.926 bits per heavy atom. The molecule has 0 aromatic heterocycles. The van der Waals surface area contributed by atoms with Gasteiger partial charge in [0.15, 0.2) is 0 Å². The first-order valence-corrected chi connectivity index (χ1v) is 10.1. The minimum Gasteiger partial charge on any atom is -0.0952 e. The standard InChI is InChI=1S/C27H28/c1-4-21-6-8-22(9-7-21)10-11-23-12-14-25-17-27(18-26(25)16-23)24-13-5-19(2)20(3)15-24/h5-9,12-16,18,20H,2,4,10-11,17H2,1,3H3. The van der Waals surface area contributed by atoms with E-state index in [0.717, 1.165) is 25.7 Å². The van der Waals surface area contributed by atoms with Crippen molar-refractivity contribution < 1.29 is 0 Å². The second-order valence-corrected chi connectivity index (χ2v) is 7.87. The van der Waals surface area contributed by atoms with E-state index in [0.29, 0.717) is 5.92 Å². The highest BCUT2D eigenvalue weighted by atomic mass is 14.2. The predicted octanol–water partition coefficient (Wildman–Crippen LogP) is 6.66. The van der Waals surface area contributed by atoms with Crippen molar-refractivity contribution in [2.24, 2.45) is 5.92 Å². The Balaban J connectivity index is 1.46. The van der Waals surface area contributed by atoms with Crippen molar-refractivity contribution in [1.29, 1.82) is 0 Å². The van der Waals surface area contributed by atoms with Crippen LogP contribution in [0.2, 0.25) is 0 Å². The van der Waals surface area contributed by atoms with Gasteiger partial charge >= 0.3 is 0 Å². The van der Waals surface area contributed by atoms with Crippen molar-refractivity contribution >= 4 is 6.08 Å². The number of hydrogen-bond acceptors (Lipinski definition) is 0. The number of benzene rings is 2. The van der Waals surface area contributed by atoms with E-state index in [9.17, 15) is 0 Å². The van der Waals surface area contributed by atoms with Crippen LogP contribution >= 0.6 is 0 Å². The zero-order chi connectivity index (χ0) is 18.8. The predicted molar refractivity (Wildman–Crippen MR) is 117 cm³/mol. The maximum Gasteiger partial charge on any atom is -0.000721 e. The fourth-order valence-corrected chi connectivity index (χ4v) is 3.95. The topological polar surface area (TPSA) is 0 Å². The summed E-state index contributed by atoms with van der Waals surface area (Å²) in [5, 5.41) is 0. The molecule has 0 radical (unpaired) electrons. The highest BCUT2D eigenvalue weighted by molar-refractivity contribution is 5.71. The molecule has 0 aliphatic heterocycles. The zero-order valence-electron chi connectivity index (χ0n) is 16.5. The largest absolute Gasteiger partial charge is 0.0952 e. The number of allylic oxidation sites excluding steroid dienone is 6. The average Bonchev–Trinajstić information content (AvgIpc) is 3.12. The molecule has 2 aliphatic carbocycles. The zero-order valence-corrected chi connectivity index (χ0v) is 16.5. The molecule has 0 N–H and O–H groups in total. The van der Waals surface area contributed by atoms with Crippen LogP contribution in [0.25, 0.3) is 6.08 Å². The first-order valence-electron chi connectivity index (χ1n) is 10.1. The van der Waals surface area contributed by atoms with Gasteiger partial charge in [0.25, 0.3) is 0 Å². The summed E-state index contributed by atoms with van der Waals surface area (Å²) in [4.78, 5) is 0. The monoisotopic (exact) mass is 352 g/mol. The van der Waals surface area contributed by atoms with Gasteiger partial charge < -0.3 is 0 Å².